The number of hydrogen-bond acceptors (Lipinski definition) is 3. The van der Waals surface area contributed by atoms with Gasteiger partial charge < -0.3 is 15.0 Å². The third kappa shape index (κ3) is 4.66. The van der Waals surface area contributed by atoms with E-state index in [9.17, 15) is 14.0 Å². The fraction of sp³-hybridized carbons (Fsp3) is 0.167. The Hall–Kier alpha value is -3.67. The minimum Gasteiger partial charge on any atom is -0.483 e. The van der Waals surface area contributed by atoms with Crippen molar-refractivity contribution >= 4 is 17.5 Å². The molecule has 3 aromatic rings. The van der Waals surface area contributed by atoms with Crippen LogP contribution in [0, 0.1) is 5.82 Å². The first kappa shape index (κ1) is 19.6. The number of halogens is 1. The Kier molecular flexibility index (Phi) is 5.75. The van der Waals surface area contributed by atoms with E-state index in [1.54, 1.807) is 41.3 Å². The molecule has 4 rings (SSSR count). The third-order valence-electron chi connectivity index (χ3n) is 5.00. The Morgan fingerprint density at radius 2 is 1.80 bits per heavy atom. The highest BCUT2D eigenvalue weighted by Crippen LogP contribution is 2.27. The van der Waals surface area contributed by atoms with E-state index in [1.807, 2.05) is 24.3 Å². The monoisotopic (exact) mass is 404 g/mol. The fourth-order valence-corrected chi connectivity index (χ4v) is 3.36. The summed E-state index contributed by atoms with van der Waals surface area (Å²) >= 11 is 0. The number of carbonyl (C=O) groups is 2. The van der Waals surface area contributed by atoms with Gasteiger partial charge in [0.1, 0.15) is 11.6 Å². The molecule has 0 radical (unpaired) electrons. The van der Waals surface area contributed by atoms with Crippen LogP contribution in [0.4, 0.5) is 10.1 Å². The molecule has 152 valence electrons. The fourth-order valence-electron chi connectivity index (χ4n) is 3.36. The van der Waals surface area contributed by atoms with Crippen molar-refractivity contribution in [3.05, 3.63) is 95.3 Å². The van der Waals surface area contributed by atoms with Crippen LogP contribution in [-0.2, 0) is 17.8 Å². The highest BCUT2D eigenvalue weighted by atomic mass is 19.1. The molecule has 2 amide bonds. The van der Waals surface area contributed by atoms with Gasteiger partial charge in [0.15, 0.2) is 6.61 Å². The van der Waals surface area contributed by atoms with Gasteiger partial charge >= 0.3 is 0 Å². The highest BCUT2D eigenvalue weighted by molar-refractivity contribution is 6.04. The summed E-state index contributed by atoms with van der Waals surface area (Å²) in [5, 5.41) is 2.88. The van der Waals surface area contributed by atoms with Crippen LogP contribution in [0.1, 0.15) is 21.5 Å². The number of rotatable bonds is 5. The molecule has 1 heterocycles. The molecule has 5 nitrogen and oxygen atoms in total. The first-order valence-corrected chi connectivity index (χ1v) is 9.73. The number of amides is 2. The lowest BCUT2D eigenvalue weighted by molar-refractivity contribution is -0.133. The van der Waals surface area contributed by atoms with Crippen LogP contribution in [0.2, 0.25) is 0 Å². The molecular formula is C24H21FN2O3. The number of hydrogen-bond donors (Lipinski definition) is 1. The third-order valence-corrected chi connectivity index (χ3v) is 5.00. The van der Waals surface area contributed by atoms with Gasteiger partial charge in [-0.1, -0.05) is 30.3 Å². The van der Waals surface area contributed by atoms with E-state index in [2.05, 4.69) is 5.32 Å². The van der Waals surface area contributed by atoms with Gasteiger partial charge in [-0.3, -0.25) is 9.59 Å². The predicted molar refractivity (Wildman–Crippen MR) is 112 cm³/mol. The van der Waals surface area contributed by atoms with Crippen LogP contribution in [-0.4, -0.2) is 29.9 Å². The van der Waals surface area contributed by atoms with Gasteiger partial charge in [-0.25, -0.2) is 4.39 Å². The molecule has 0 spiro atoms. The number of fused-ring (bicyclic) bond motifs is 1. The average Bonchev–Trinajstić information content (AvgIpc) is 2.92. The number of benzene rings is 3. The lowest BCUT2D eigenvalue weighted by Gasteiger charge is -2.20. The van der Waals surface area contributed by atoms with Gasteiger partial charge in [0.2, 0.25) is 0 Å². The van der Waals surface area contributed by atoms with Crippen molar-refractivity contribution < 1.29 is 18.7 Å². The molecule has 0 bridgehead atoms. The van der Waals surface area contributed by atoms with Crippen molar-refractivity contribution in [3.8, 4) is 5.75 Å². The van der Waals surface area contributed by atoms with E-state index >= 15 is 0 Å². The van der Waals surface area contributed by atoms with Crippen molar-refractivity contribution in [1.82, 2.24) is 4.90 Å². The molecule has 0 unspecified atom stereocenters. The summed E-state index contributed by atoms with van der Waals surface area (Å²) in [6.07, 6.45) is 0.617. The summed E-state index contributed by atoms with van der Waals surface area (Å²) < 4.78 is 18.7. The van der Waals surface area contributed by atoms with E-state index in [-0.39, 0.29) is 24.2 Å². The average molecular weight is 404 g/mol. The molecule has 0 saturated heterocycles. The first-order valence-electron chi connectivity index (χ1n) is 9.73. The highest BCUT2D eigenvalue weighted by Gasteiger charge is 2.22. The topological polar surface area (TPSA) is 58.6 Å². The largest absolute Gasteiger partial charge is 0.483 e. The molecule has 0 atom stereocenters. The second-order valence-corrected chi connectivity index (χ2v) is 7.12. The summed E-state index contributed by atoms with van der Waals surface area (Å²) in [5.41, 5.74) is 2.99. The zero-order valence-corrected chi connectivity index (χ0v) is 16.3. The molecule has 30 heavy (non-hydrogen) atoms. The van der Waals surface area contributed by atoms with Gasteiger partial charge in [-0.15, -0.1) is 0 Å². The van der Waals surface area contributed by atoms with Crippen LogP contribution >= 0.6 is 0 Å². The molecule has 1 aliphatic rings. The van der Waals surface area contributed by atoms with Crippen molar-refractivity contribution in [3.63, 3.8) is 0 Å². The lowest BCUT2D eigenvalue weighted by Crippen LogP contribution is -2.34. The summed E-state index contributed by atoms with van der Waals surface area (Å²) in [5.74, 6) is 0.0415. The molecule has 0 fully saturated rings. The van der Waals surface area contributed by atoms with Crippen LogP contribution in [0.25, 0.3) is 0 Å². The number of anilines is 1. The molecule has 0 aliphatic carbocycles. The van der Waals surface area contributed by atoms with E-state index in [1.165, 1.54) is 12.1 Å². The Labute approximate surface area is 174 Å². The smallest absolute Gasteiger partial charge is 0.260 e. The van der Waals surface area contributed by atoms with E-state index < -0.39 is 0 Å². The number of nitrogens with zero attached hydrogens (tertiary/aromatic N) is 1. The summed E-state index contributed by atoms with van der Waals surface area (Å²) in [6, 6.07) is 20.6. The summed E-state index contributed by atoms with van der Waals surface area (Å²) in [7, 11) is 0. The zero-order chi connectivity index (χ0) is 20.9. The SMILES string of the molecule is O=C(Nc1ccc2c(c1)CN(CCc1ccc(F)cc1)C(=O)CO2)c1ccccc1. The normalized spacial score (nSPS) is 13.2. The molecular weight excluding hydrogens is 383 g/mol. The first-order chi connectivity index (χ1) is 14.6. The van der Waals surface area contributed by atoms with Crippen LogP contribution in [0.3, 0.4) is 0 Å². The van der Waals surface area contributed by atoms with Gasteiger partial charge in [0.25, 0.3) is 11.8 Å². The van der Waals surface area contributed by atoms with E-state index in [0.29, 0.717) is 36.5 Å². The summed E-state index contributed by atoms with van der Waals surface area (Å²) in [6.45, 7) is 0.838. The lowest BCUT2D eigenvalue weighted by atomic mass is 10.1. The zero-order valence-electron chi connectivity index (χ0n) is 16.3. The maximum absolute atomic E-state index is 13.1. The second-order valence-electron chi connectivity index (χ2n) is 7.12. The molecule has 1 aliphatic heterocycles. The standard InChI is InChI=1S/C24H21FN2O3/c25-20-8-6-17(7-9-20)12-13-27-15-19-14-21(10-11-22(19)30-16-23(27)28)26-24(29)18-4-2-1-3-5-18/h1-11,14H,12-13,15-16H2,(H,26,29). The van der Waals surface area contributed by atoms with Crippen LogP contribution in [0.15, 0.2) is 72.8 Å². The van der Waals surface area contributed by atoms with Crippen molar-refractivity contribution in [2.45, 2.75) is 13.0 Å². The Morgan fingerprint density at radius 1 is 1.03 bits per heavy atom. The van der Waals surface area contributed by atoms with Gasteiger partial charge in [0.05, 0.1) is 0 Å². The Bertz CT molecular complexity index is 1050. The van der Waals surface area contributed by atoms with Gasteiger partial charge in [-0.2, -0.15) is 0 Å². The van der Waals surface area contributed by atoms with Crippen LogP contribution in [0.5, 0.6) is 5.75 Å². The van der Waals surface area contributed by atoms with Gasteiger partial charge in [-0.05, 0) is 54.4 Å². The van der Waals surface area contributed by atoms with Gasteiger partial charge in [0, 0.05) is 29.9 Å². The Morgan fingerprint density at radius 3 is 2.57 bits per heavy atom. The molecule has 0 aromatic heterocycles. The second kappa shape index (κ2) is 8.78. The quantitative estimate of drug-likeness (QED) is 0.698. The molecule has 0 saturated carbocycles. The number of carbonyl (C=O) groups excluding carboxylic acids is 2. The number of ether oxygens (including phenoxy) is 1. The number of nitrogens with one attached hydrogen (secondary N) is 1. The van der Waals surface area contributed by atoms with Crippen molar-refractivity contribution in [2.24, 2.45) is 0 Å². The van der Waals surface area contributed by atoms with Crippen molar-refractivity contribution in [2.75, 3.05) is 18.5 Å². The van der Waals surface area contributed by atoms with Crippen molar-refractivity contribution in [1.29, 1.82) is 0 Å². The van der Waals surface area contributed by atoms with E-state index in [4.69, 9.17) is 4.74 Å². The minimum absolute atomic E-state index is 0.0356. The maximum atomic E-state index is 13.1. The van der Waals surface area contributed by atoms with Crippen LogP contribution < -0.4 is 10.1 Å². The summed E-state index contributed by atoms with van der Waals surface area (Å²) in [4.78, 5) is 26.6. The maximum Gasteiger partial charge on any atom is 0.260 e. The van der Waals surface area contributed by atoms with E-state index in [0.717, 1.165) is 11.1 Å². The molecule has 3 aromatic carbocycles. The molecule has 6 heteroatoms. The minimum atomic E-state index is -0.281. The molecule has 1 N–H and O–H groups in total. The Balaban J connectivity index is 1.47. The predicted octanol–water partition coefficient (Wildman–Crippen LogP) is 4.04.